The average Bonchev–Trinajstić information content (AvgIpc) is 0.812. The van der Waals surface area contributed by atoms with Gasteiger partial charge in [-0.05, 0) is 83.4 Å². The summed E-state index contributed by atoms with van der Waals surface area (Å²) in [7, 11) is -4.02. The molecule has 12 heteroatoms. The van der Waals surface area contributed by atoms with Gasteiger partial charge in [0, 0.05) is 97.5 Å². The van der Waals surface area contributed by atoms with Gasteiger partial charge in [0.1, 0.15) is 0 Å². The predicted octanol–water partition coefficient (Wildman–Crippen LogP) is 22.5. The van der Waals surface area contributed by atoms with Crippen LogP contribution >= 0.6 is 0 Å². The molecule has 0 spiro atoms. The number of aryl methyl sites for hydroxylation is 2. The molecule has 0 bridgehead atoms. The van der Waals surface area contributed by atoms with Gasteiger partial charge in [-0.25, -0.2) is 0 Å². The maximum atomic E-state index is 4.48. The Bertz CT molecular complexity index is 4730. The van der Waals surface area contributed by atoms with Gasteiger partial charge in [-0.3, -0.25) is 0 Å². The average molecular weight is 1970 g/mol. The minimum Gasteiger partial charge on any atom is -0.305 e. The van der Waals surface area contributed by atoms with Gasteiger partial charge in [-0.2, -0.15) is 0 Å². The molecule has 6 aromatic heterocycles. The Labute approximate surface area is 679 Å². The molecule has 0 unspecified atom stereocenters. The first-order chi connectivity index (χ1) is 50.3. The second-order valence-corrected chi connectivity index (χ2v) is 43.2. The summed E-state index contributed by atoms with van der Waals surface area (Å²) in [6.45, 7) is 25.6. The number of benzene rings is 9. The number of aromatic nitrogens is 6. The molecular formula is C95H88Ir3N6Si3-6. The minimum absolute atomic E-state index is 0. The maximum Gasteiger partial charge on any atom is 0.0775 e. The molecule has 6 heterocycles. The van der Waals surface area contributed by atoms with Crippen LogP contribution in [0.25, 0.3) is 101 Å². The third kappa shape index (κ3) is 25.9. The van der Waals surface area contributed by atoms with E-state index in [2.05, 4.69) is 285 Å². The van der Waals surface area contributed by atoms with E-state index < -0.39 is 24.2 Å². The molecule has 15 rings (SSSR count). The number of hydrogen-bond donors (Lipinski definition) is 0. The first kappa shape index (κ1) is 84.7. The Hall–Kier alpha value is -9.52. The van der Waals surface area contributed by atoms with Crippen molar-refractivity contribution in [1.29, 1.82) is 0 Å². The zero-order valence-electron chi connectivity index (χ0n) is 62.4. The zero-order valence-corrected chi connectivity index (χ0v) is 72.6. The Morgan fingerprint density at radius 3 is 0.841 bits per heavy atom. The van der Waals surface area contributed by atoms with Crippen LogP contribution in [0.1, 0.15) is 11.1 Å². The van der Waals surface area contributed by atoms with Crippen LogP contribution < -0.4 is 15.6 Å². The van der Waals surface area contributed by atoms with E-state index in [1.54, 1.807) is 18.6 Å². The molecule has 0 aliphatic rings. The number of rotatable bonds is 12. The number of hydrogen-bond acceptors (Lipinski definition) is 6. The normalized spacial score (nSPS) is 10.5. The molecule has 0 fully saturated rings. The van der Waals surface area contributed by atoms with Crippen LogP contribution in [0.3, 0.4) is 0 Å². The third-order valence-corrected chi connectivity index (χ3v) is 23.0. The molecule has 0 saturated heterocycles. The molecule has 0 atom stereocenters. The molecule has 0 aliphatic heterocycles. The summed E-state index contributed by atoms with van der Waals surface area (Å²) in [5, 5.41) is 4.47. The van der Waals surface area contributed by atoms with Crippen LogP contribution in [0.15, 0.2) is 334 Å². The summed E-state index contributed by atoms with van der Waals surface area (Å²) >= 11 is 0. The summed E-state index contributed by atoms with van der Waals surface area (Å²) in [5.74, 6) is 0. The Morgan fingerprint density at radius 1 is 0.243 bits per heavy atom. The first-order valence-electron chi connectivity index (χ1n) is 35.1. The van der Waals surface area contributed by atoms with E-state index in [4.69, 9.17) is 0 Å². The Balaban J connectivity index is 0.000000182. The Morgan fingerprint density at radius 2 is 0.561 bits per heavy atom. The van der Waals surface area contributed by atoms with Crippen molar-refractivity contribution in [2.75, 3.05) is 0 Å². The molecular weight excluding hydrogens is 1890 g/mol. The summed E-state index contributed by atoms with van der Waals surface area (Å²) in [4.78, 5) is 26.0. The van der Waals surface area contributed by atoms with E-state index >= 15 is 0 Å². The molecule has 15 aromatic rings. The molecule has 9 aromatic carbocycles. The fourth-order valence-corrected chi connectivity index (χ4v) is 15.7. The summed E-state index contributed by atoms with van der Waals surface area (Å²) in [6, 6.07) is 120. The molecule has 0 saturated carbocycles. The van der Waals surface area contributed by atoms with E-state index in [0.717, 1.165) is 67.5 Å². The van der Waals surface area contributed by atoms with Gasteiger partial charge in [-0.15, -0.1) is 197 Å². The van der Waals surface area contributed by atoms with Crippen molar-refractivity contribution in [1.82, 2.24) is 29.9 Å². The summed E-state index contributed by atoms with van der Waals surface area (Å²) in [6.07, 6.45) is 11.0. The van der Waals surface area contributed by atoms with Gasteiger partial charge in [0.2, 0.25) is 0 Å². The summed E-state index contributed by atoms with van der Waals surface area (Å²) < 4.78 is 0. The smallest absolute Gasteiger partial charge is 0.0775 e. The maximum absolute atomic E-state index is 4.48. The van der Waals surface area contributed by atoms with Crippen molar-refractivity contribution < 1.29 is 60.3 Å². The SMILES string of the molecule is C[Si](C)(C)c1ccccc1-c1c[c-]c(-c2ccccn2)cc1.Cc1ccc(-c2[c-]cc(-c3cccc([Si](C)(C)C)c3)cc2)nc1.Cc1ccc(-c2[c-]cc(-c3ccccc3[Si](C)(C)C)cc2)nc1.[Ir].[Ir].[Ir].[c-]1ccccc1-c1ccccn1.[c-]1ccccc1-c1ccccn1.[c-]1ccccc1-c1ccccn1. The second-order valence-electron chi connectivity index (χ2n) is 28.0. The fourth-order valence-electron chi connectivity index (χ4n) is 11.2. The van der Waals surface area contributed by atoms with Gasteiger partial charge in [0.15, 0.2) is 0 Å². The topological polar surface area (TPSA) is 77.3 Å². The van der Waals surface area contributed by atoms with E-state index in [0.29, 0.717) is 0 Å². The van der Waals surface area contributed by atoms with Crippen LogP contribution in [0.4, 0.5) is 0 Å². The van der Waals surface area contributed by atoms with Crippen molar-refractivity contribution >= 4 is 39.8 Å². The summed E-state index contributed by atoms with van der Waals surface area (Å²) in [5.41, 5.74) is 22.0. The quantitative estimate of drug-likeness (QED) is 0.0896. The number of nitrogens with zero attached hydrogens (tertiary/aromatic N) is 6. The Kier molecular flexibility index (Phi) is 33.4. The van der Waals surface area contributed by atoms with Crippen molar-refractivity contribution in [3.8, 4) is 101 Å². The first-order valence-corrected chi connectivity index (χ1v) is 45.6. The largest absolute Gasteiger partial charge is 0.305 e. The van der Waals surface area contributed by atoms with Crippen molar-refractivity contribution in [3.05, 3.63) is 382 Å². The standard InChI is InChI=1S/2C21H22NSi.C20H20NSi.3C11H8N.3Ir/c1-16-8-13-21(22-15-16)18-11-9-17(10-12-18)19-6-5-7-20(14-19)23(2,3)4;1-16-9-14-20(22-15-16)18-12-10-17(11-13-18)19-7-5-6-8-21(19)23(2,3)4;1-22(2,3)20-10-5-4-8-18(20)16-11-13-17(14-12-16)19-9-6-7-15-21-19;3*1-2-6-10(7-3-1)11-8-4-5-9-12-11;;;/h5-11,13-15H,1-4H3;5-12,14-15H,1-4H3;4-13,15H,1-3H3;3*1-6,8-9H;;;/q6*-1;;;. The van der Waals surface area contributed by atoms with Crippen LogP contribution in [0.5, 0.6) is 0 Å². The van der Waals surface area contributed by atoms with Crippen LogP contribution in [-0.2, 0) is 60.3 Å². The van der Waals surface area contributed by atoms with Gasteiger partial charge in [0.25, 0.3) is 0 Å². The van der Waals surface area contributed by atoms with E-state index in [1.165, 1.54) is 60.1 Å². The monoisotopic (exact) mass is 1980 g/mol. The molecule has 543 valence electrons. The third-order valence-electron chi connectivity index (χ3n) is 16.9. The molecule has 0 amide bonds. The minimum atomic E-state index is -1.37. The second kappa shape index (κ2) is 42.1. The van der Waals surface area contributed by atoms with Crippen molar-refractivity contribution in [2.24, 2.45) is 0 Å². The molecule has 0 N–H and O–H groups in total. The van der Waals surface area contributed by atoms with Gasteiger partial charge >= 0.3 is 0 Å². The zero-order chi connectivity index (χ0) is 73.2. The van der Waals surface area contributed by atoms with Gasteiger partial charge < -0.3 is 29.9 Å². The van der Waals surface area contributed by atoms with Crippen LogP contribution in [0.2, 0.25) is 58.9 Å². The number of pyridine rings is 6. The van der Waals surface area contributed by atoms with E-state index in [-0.39, 0.29) is 60.3 Å². The van der Waals surface area contributed by atoms with Crippen molar-refractivity contribution in [2.45, 2.75) is 72.8 Å². The molecule has 107 heavy (non-hydrogen) atoms. The van der Waals surface area contributed by atoms with E-state index in [1.807, 2.05) is 170 Å². The van der Waals surface area contributed by atoms with Gasteiger partial charge in [0.05, 0.1) is 24.2 Å². The molecule has 3 radical (unpaired) electrons. The molecule has 0 aliphatic carbocycles. The van der Waals surface area contributed by atoms with Gasteiger partial charge in [-0.1, -0.05) is 253 Å². The molecule has 6 nitrogen and oxygen atoms in total. The van der Waals surface area contributed by atoms with Crippen LogP contribution in [-0.4, -0.2) is 54.1 Å². The predicted molar refractivity (Wildman–Crippen MR) is 446 cm³/mol. The van der Waals surface area contributed by atoms with E-state index in [9.17, 15) is 0 Å². The van der Waals surface area contributed by atoms with Crippen molar-refractivity contribution in [3.63, 3.8) is 0 Å². The van der Waals surface area contributed by atoms with Crippen LogP contribution in [0, 0.1) is 50.2 Å². The fraction of sp³-hybridized carbons (Fsp3) is 0.116.